The van der Waals surface area contributed by atoms with Crippen LogP contribution in [0.5, 0.6) is 0 Å². The van der Waals surface area contributed by atoms with E-state index in [0.717, 1.165) is 19.5 Å². The van der Waals surface area contributed by atoms with Crippen molar-refractivity contribution in [2.45, 2.75) is 71.1 Å². The molecule has 0 radical (unpaired) electrons. The van der Waals surface area contributed by atoms with Gasteiger partial charge in [0.2, 0.25) is 0 Å². The third-order valence-electron chi connectivity index (χ3n) is 4.56. The first-order valence-corrected chi connectivity index (χ1v) is 7.36. The fraction of sp³-hybridized carbons (Fsp3) is 1.00. The third kappa shape index (κ3) is 4.52. The quantitative estimate of drug-likeness (QED) is 0.791. The van der Waals surface area contributed by atoms with E-state index in [9.17, 15) is 0 Å². The standard InChI is InChI=1S/C15H32N2O/c1-7-14(3,4)16-11-13(2)17-10-8-9-15(5,12-17)18-6/h13,16H,7-12H2,1-6H3. The van der Waals surface area contributed by atoms with Crippen LogP contribution in [0.25, 0.3) is 0 Å². The Kier molecular flexibility index (Phi) is 5.63. The highest BCUT2D eigenvalue weighted by atomic mass is 16.5. The van der Waals surface area contributed by atoms with Gasteiger partial charge in [0, 0.05) is 31.8 Å². The van der Waals surface area contributed by atoms with Crippen LogP contribution < -0.4 is 5.32 Å². The van der Waals surface area contributed by atoms with Crippen molar-refractivity contribution in [2.24, 2.45) is 0 Å². The van der Waals surface area contributed by atoms with Gasteiger partial charge in [0.15, 0.2) is 0 Å². The SMILES string of the molecule is CCC(C)(C)NCC(C)N1CCCC(C)(OC)C1. The molecule has 1 N–H and O–H groups in total. The molecular weight excluding hydrogens is 224 g/mol. The van der Waals surface area contributed by atoms with Gasteiger partial charge in [0.1, 0.15) is 0 Å². The number of methoxy groups -OCH3 is 1. The fourth-order valence-corrected chi connectivity index (χ4v) is 2.46. The highest BCUT2D eigenvalue weighted by Gasteiger charge is 2.32. The van der Waals surface area contributed by atoms with Crippen LogP contribution in [0, 0.1) is 0 Å². The van der Waals surface area contributed by atoms with Crippen LogP contribution in [-0.2, 0) is 4.74 Å². The van der Waals surface area contributed by atoms with Crippen LogP contribution in [-0.4, -0.2) is 48.8 Å². The summed E-state index contributed by atoms with van der Waals surface area (Å²) in [7, 11) is 1.84. The molecular formula is C15H32N2O. The van der Waals surface area contributed by atoms with Gasteiger partial charge in [-0.05, 0) is 53.5 Å². The summed E-state index contributed by atoms with van der Waals surface area (Å²) < 4.78 is 5.66. The number of nitrogens with one attached hydrogen (secondary N) is 1. The van der Waals surface area contributed by atoms with Gasteiger partial charge in [-0.1, -0.05) is 6.92 Å². The first kappa shape index (κ1) is 15.9. The highest BCUT2D eigenvalue weighted by molar-refractivity contribution is 4.88. The zero-order valence-electron chi connectivity index (χ0n) is 13.2. The van der Waals surface area contributed by atoms with Crippen molar-refractivity contribution in [3.8, 4) is 0 Å². The van der Waals surface area contributed by atoms with E-state index in [1.54, 1.807) is 0 Å². The molecule has 0 aliphatic carbocycles. The Bertz CT molecular complexity index is 255. The van der Waals surface area contributed by atoms with Gasteiger partial charge in [-0.25, -0.2) is 0 Å². The van der Waals surface area contributed by atoms with Crippen LogP contribution in [0.2, 0.25) is 0 Å². The summed E-state index contributed by atoms with van der Waals surface area (Å²) in [6.07, 6.45) is 3.59. The minimum atomic E-state index is 0.0484. The first-order chi connectivity index (χ1) is 8.32. The monoisotopic (exact) mass is 256 g/mol. The predicted octanol–water partition coefficient (Wildman–Crippen LogP) is 2.65. The molecule has 1 fully saturated rings. The van der Waals surface area contributed by atoms with E-state index in [1.807, 2.05) is 7.11 Å². The number of hydrogen-bond acceptors (Lipinski definition) is 3. The molecule has 1 saturated heterocycles. The van der Waals surface area contributed by atoms with E-state index in [-0.39, 0.29) is 11.1 Å². The molecule has 3 heteroatoms. The average Bonchev–Trinajstić information content (AvgIpc) is 2.36. The van der Waals surface area contributed by atoms with Gasteiger partial charge in [0.05, 0.1) is 5.60 Å². The Hall–Kier alpha value is -0.120. The van der Waals surface area contributed by atoms with Gasteiger partial charge >= 0.3 is 0 Å². The van der Waals surface area contributed by atoms with Crippen molar-refractivity contribution in [3.05, 3.63) is 0 Å². The highest BCUT2D eigenvalue weighted by Crippen LogP contribution is 2.25. The van der Waals surface area contributed by atoms with E-state index in [2.05, 4.69) is 44.8 Å². The summed E-state index contributed by atoms with van der Waals surface area (Å²) in [6, 6.07) is 0.575. The summed E-state index contributed by atoms with van der Waals surface area (Å²) in [6.45, 7) is 14.6. The van der Waals surface area contributed by atoms with Crippen LogP contribution in [0.15, 0.2) is 0 Å². The Labute approximate surface area is 113 Å². The molecule has 108 valence electrons. The third-order valence-corrected chi connectivity index (χ3v) is 4.56. The molecule has 2 atom stereocenters. The Morgan fingerprint density at radius 1 is 1.44 bits per heavy atom. The Morgan fingerprint density at radius 2 is 2.11 bits per heavy atom. The molecule has 1 rings (SSSR count). The summed E-state index contributed by atoms with van der Waals surface area (Å²) in [5.41, 5.74) is 0.293. The molecule has 18 heavy (non-hydrogen) atoms. The van der Waals surface area contributed by atoms with Crippen molar-refractivity contribution in [1.82, 2.24) is 10.2 Å². The smallest absolute Gasteiger partial charge is 0.0777 e. The van der Waals surface area contributed by atoms with Crippen LogP contribution >= 0.6 is 0 Å². The number of hydrogen-bond donors (Lipinski definition) is 1. The normalized spacial score (nSPS) is 28.3. The number of ether oxygens (including phenoxy) is 1. The van der Waals surface area contributed by atoms with Crippen LogP contribution in [0.3, 0.4) is 0 Å². The Balaban J connectivity index is 2.44. The molecule has 1 aliphatic rings. The Morgan fingerprint density at radius 3 is 2.67 bits per heavy atom. The summed E-state index contributed by atoms with van der Waals surface area (Å²) in [4.78, 5) is 2.56. The lowest BCUT2D eigenvalue weighted by atomic mass is 9.93. The minimum absolute atomic E-state index is 0.0484. The maximum atomic E-state index is 5.66. The maximum Gasteiger partial charge on any atom is 0.0777 e. The summed E-state index contributed by atoms with van der Waals surface area (Å²) >= 11 is 0. The first-order valence-electron chi connectivity index (χ1n) is 7.36. The van der Waals surface area contributed by atoms with Crippen molar-refractivity contribution in [3.63, 3.8) is 0 Å². The van der Waals surface area contributed by atoms with Gasteiger partial charge in [-0.3, -0.25) is 4.90 Å². The van der Waals surface area contributed by atoms with Crippen LogP contribution in [0.4, 0.5) is 0 Å². The molecule has 0 aromatic heterocycles. The molecule has 2 unspecified atom stereocenters. The second kappa shape index (κ2) is 6.36. The molecule has 3 nitrogen and oxygen atoms in total. The zero-order chi connectivity index (χ0) is 13.8. The molecule has 0 aromatic carbocycles. The second-order valence-corrected chi connectivity index (χ2v) is 6.70. The topological polar surface area (TPSA) is 24.5 Å². The van der Waals surface area contributed by atoms with Gasteiger partial charge in [0.25, 0.3) is 0 Å². The molecule has 1 aliphatic heterocycles. The van der Waals surface area contributed by atoms with Crippen molar-refractivity contribution < 1.29 is 4.74 Å². The lowest BCUT2D eigenvalue weighted by Gasteiger charge is -2.43. The molecule has 0 saturated carbocycles. The lowest BCUT2D eigenvalue weighted by molar-refractivity contribution is -0.0596. The molecule has 0 amide bonds. The van der Waals surface area contributed by atoms with Crippen LogP contribution in [0.1, 0.15) is 53.9 Å². The molecule has 0 aromatic rings. The molecule has 1 heterocycles. The van der Waals surface area contributed by atoms with Gasteiger partial charge < -0.3 is 10.1 Å². The van der Waals surface area contributed by atoms with Gasteiger partial charge in [-0.15, -0.1) is 0 Å². The number of likely N-dealkylation sites (tertiary alicyclic amines) is 1. The van der Waals surface area contributed by atoms with Crippen molar-refractivity contribution in [1.29, 1.82) is 0 Å². The molecule has 0 bridgehead atoms. The second-order valence-electron chi connectivity index (χ2n) is 6.70. The number of rotatable bonds is 6. The minimum Gasteiger partial charge on any atom is -0.377 e. The lowest BCUT2D eigenvalue weighted by Crippen LogP contribution is -2.54. The van der Waals surface area contributed by atoms with E-state index in [0.29, 0.717) is 6.04 Å². The molecule has 0 spiro atoms. The average molecular weight is 256 g/mol. The maximum absolute atomic E-state index is 5.66. The number of nitrogens with zero attached hydrogens (tertiary/aromatic N) is 1. The van der Waals surface area contributed by atoms with Gasteiger partial charge in [-0.2, -0.15) is 0 Å². The van der Waals surface area contributed by atoms with E-state index in [4.69, 9.17) is 4.74 Å². The number of piperidine rings is 1. The van der Waals surface area contributed by atoms with E-state index >= 15 is 0 Å². The summed E-state index contributed by atoms with van der Waals surface area (Å²) in [5, 5.41) is 3.67. The zero-order valence-corrected chi connectivity index (χ0v) is 13.2. The predicted molar refractivity (Wildman–Crippen MR) is 78.1 cm³/mol. The summed E-state index contributed by atoms with van der Waals surface area (Å²) in [5.74, 6) is 0. The van der Waals surface area contributed by atoms with E-state index in [1.165, 1.54) is 19.4 Å². The fourth-order valence-electron chi connectivity index (χ4n) is 2.46. The van der Waals surface area contributed by atoms with Crippen molar-refractivity contribution >= 4 is 0 Å². The van der Waals surface area contributed by atoms with Crippen molar-refractivity contribution in [2.75, 3.05) is 26.7 Å². The largest absolute Gasteiger partial charge is 0.377 e. The van der Waals surface area contributed by atoms with E-state index < -0.39 is 0 Å².